The van der Waals surface area contributed by atoms with Crippen LogP contribution in [0.25, 0.3) is 0 Å². The van der Waals surface area contributed by atoms with Crippen molar-refractivity contribution < 1.29 is 14.3 Å². The molecule has 0 aromatic carbocycles. The number of nitrogens with one attached hydrogen (secondary N) is 1. The zero-order chi connectivity index (χ0) is 12.9. The second-order valence-corrected chi connectivity index (χ2v) is 4.90. The van der Waals surface area contributed by atoms with Crippen molar-refractivity contribution in [3.8, 4) is 0 Å². The van der Waals surface area contributed by atoms with Gasteiger partial charge in [0.1, 0.15) is 11.6 Å². The average Bonchev–Trinajstić information content (AvgIpc) is 2.12. The van der Waals surface area contributed by atoms with E-state index in [1.165, 1.54) is 4.31 Å². The van der Waals surface area contributed by atoms with Crippen LogP contribution in [0.2, 0.25) is 0 Å². The van der Waals surface area contributed by atoms with Gasteiger partial charge in [-0.15, -0.1) is 0 Å². The van der Waals surface area contributed by atoms with Crippen LogP contribution in [-0.4, -0.2) is 34.5 Å². The van der Waals surface area contributed by atoms with E-state index in [1.807, 2.05) is 0 Å². The Hall–Kier alpha value is -0.910. The van der Waals surface area contributed by atoms with Crippen LogP contribution < -0.4 is 5.32 Å². The molecule has 1 N–H and O–H groups in total. The van der Waals surface area contributed by atoms with Gasteiger partial charge in [0.25, 0.3) is 5.91 Å². The third kappa shape index (κ3) is 5.85. The Morgan fingerprint density at radius 2 is 1.94 bits per heavy atom. The van der Waals surface area contributed by atoms with Crippen LogP contribution in [0.15, 0.2) is 0 Å². The second-order valence-electron chi connectivity index (χ2n) is 4.42. The van der Waals surface area contributed by atoms with Gasteiger partial charge in [-0.1, -0.05) is 12.8 Å². The molecule has 0 bridgehead atoms. The number of thiol groups is 1. The van der Waals surface area contributed by atoms with Gasteiger partial charge in [-0.05, 0) is 34.6 Å². The van der Waals surface area contributed by atoms with E-state index in [4.69, 9.17) is 4.74 Å². The molecule has 6 heteroatoms. The van der Waals surface area contributed by atoms with E-state index >= 15 is 0 Å². The van der Waals surface area contributed by atoms with Crippen LogP contribution in [-0.2, 0) is 9.53 Å². The van der Waals surface area contributed by atoms with E-state index in [2.05, 4.69) is 18.1 Å². The van der Waals surface area contributed by atoms with Gasteiger partial charge in [-0.2, -0.15) is 0 Å². The number of nitrogens with zero attached hydrogens (tertiary/aromatic N) is 1. The molecule has 0 aliphatic carbocycles. The fourth-order valence-electron chi connectivity index (χ4n) is 0.925. The summed E-state index contributed by atoms with van der Waals surface area (Å²) in [7, 11) is 0. The molecule has 0 radical (unpaired) electrons. The van der Waals surface area contributed by atoms with Crippen molar-refractivity contribution in [2.45, 2.75) is 46.3 Å². The minimum atomic E-state index is -0.646. The minimum absolute atomic E-state index is 0.267. The van der Waals surface area contributed by atoms with E-state index in [1.54, 1.807) is 34.6 Å². The predicted octanol–water partition coefficient (Wildman–Crippen LogP) is 1.59. The summed E-state index contributed by atoms with van der Waals surface area (Å²) in [6, 6.07) is -0.646. The molecule has 2 amide bonds. The molecule has 1 atom stereocenters. The average molecular weight is 248 g/mol. The summed E-state index contributed by atoms with van der Waals surface area (Å²) >= 11 is 3.96. The van der Waals surface area contributed by atoms with Crippen molar-refractivity contribution in [3.63, 3.8) is 0 Å². The van der Waals surface area contributed by atoms with E-state index in [-0.39, 0.29) is 5.91 Å². The number of hydrogen-bond donors (Lipinski definition) is 2. The third-order valence-corrected chi connectivity index (χ3v) is 2.14. The Morgan fingerprint density at radius 1 is 1.44 bits per heavy atom. The van der Waals surface area contributed by atoms with Crippen LogP contribution in [0.4, 0.5) is 4.79 Å². The van der Waals surface area contributed by atoms with Crippen LogP contribution in [0, 0.1) is 0 Å². The van der Waals surface area contributed by atoms with Gasteiger partial charge in [0.15, 0.2) is 0 Å². The Bertz CT molecular complexity index is 263. The molecule has 0 aromatic heterocycles. The molecule has 16 heavy (non-hydrogen) atoms. The first-order chi connectivity index (χ1) is 7.17. The number of ether oxygens (including phenoxy) is 1. The lowest BCUT2D eigenvalue weighted by Crippen LogP contribution is -2.45. The lowest BCUT2D eigenvalue weighted by atomic mass is 10.2. The minimum Gasteiger partial charge on any atom is -0.444 e. The summed E-state index contributed by atoms with van der Waals surface area (Å²) in [5.74, 6) is -0.267. The van der Waals surface area contributed by atoms with Crippen molar-refractivity contribution in [1.29, 1.82) is 0 Å². The van der Waals surface area contributed by atoms with E-state index in [0.717, 1.165) is 0 Å². The number of hydrogen-bond acceptors (Lipinski definition) is 4. The van der Waals surface area contributed by atoms with Crippen molar-refractivity contribution in [1.82, 2.24) is 9.62 Å². The molecule has 0 saturated heterocycles. The summed E-state index contributed by atoms with van der Waals surface area (Å²) in [6.07, 6.45) is -0.605. The largest absolute Gasteiger partial charge is 0.444 e. The fourth-order valence-corrected chi connectivity index (χ4v) is 1.10. The molecule has 0 aromatic rings. The van der Waals surface area contributed by atoms with Crippen LogP contribution in [0.5, 0.6) is 0 Å². The van der Waals surface area contributed by atoms with Gasteiger partial charge in [0.05, 0.1) is 0 Å². The van der Waals surface area contributed by atoms with Gasteiger partial charge in [0, 0.05) is 6.54 Å². The lowest BCUT2D eigenvalue weighted by molar-refractivity contribution is -0.127. The van der Waals surface area contributed by atoms with Crippen molar-refractivity contribution in [3.05, 3.63) is 0 Å². The molecule has 0 aliphatic heterocycles. The first-order valence-corrected chi connectivity index (χ1v) is 5.57. The maximum atomic E-state index is 11.6. The summed E-state index contributed by atoms with van der Waals surface area (Å²) in [4.78, 5) is 22.9. The van der Waals surface area contributed by atoms with E-state index in [9.17, 15) is 9.59 Å². The predicted molar refractivity (Wildman–Crippen MR) is 65.2 cm³/mol. The number of alkyl carbamates (subject to hydrolysis) is 1. The van der Waals surface area contributed by atoms with Crippen molar-refractivity contribution in [2.24, 2.45) is 0 Å². The number of amides is 2. The van der Waals surface area contributed by atoms with Gasteiger partial charge >= 0.3 is 6.09 Å². The number of carbonyl (C=O) groups is 2. The molecule has 0 heterocycles. The number of carbonyl (C=O) groups excluding carboxylic acids is 2. The van der Waals surface area contributed by atoms with Crippen molar-refractivity contribution >= 4 is 24.8 Å². The maximum absolute atomic E-state index is 11.6. The standard InChI is InChI=1S/C10H20N2O3S/c1-6-12(16)8(13)7(2)11-9(14)15-10(3,4)5/h7,16H,6H2,1-5H3,(H,11,14). The molecular weight excluding hydrogens is 228 g/mol. The molecule has 0 aliphatic rings. The summed E-state index contributed by atoms with van der Waals surface area (Å²) in [6.45, 7) is 9.14. The van der Waals surface area contributed by atoms with Gasteiger partial charge in [-0.3, -0.25) is 9.10 Å². The lowest BCUT2D eigenvalue weighted by Gasteiger charge is -2.23. The number of rotatable bonds is 3. The first kappa shape index (κ1) is 15.1. The second kappa shape index (κ2) is 5.98. The first-order valence-electron chi connectivity index (χ1n) is 5.17. The Labute approximate surface area is 102 Å². The van der Waals surface area contributed by atoms with Crippen LogP contribution in [0.3, 0.4) is 0 Å². The van der Waals surface area contributed by atoms with Crippen LogP contribution in [0.1, 0.15) is 34.6 Å². The summed E-state index contributed by atoms with van der Waals surface area (Å²) < 4.78 is 6.26. The fraction of sp³-hybridized carbons (Fsp3) is 0.800. The number of likely N-dealkylation sites (N-methyl/N-ethyl adjacent to an activating group) is 1. The highest BCUT2D eigenvalue weighted by Gasteiger charge is 2.22. The molecule has 5 nitrogen and oxygen atoms in total. The normalized spacial score (nSPS) is 12.9. The molecular formula is C10H20N2O3S. The Morgan fingerprint density at radius 3 is 2.31 bits per heavy atom. The Kier molecular flexibility index (Phi) is 5.64. The molecule has 1 unspecified atom stereocenters. The van der Waals surface area contributed by atoms with Crippen LogP contribution >= 0.6 is 12.8 Å². The van der Waals surface area contributed by atoms with Crippen molar-refractivity contribution in [2.75, 3.05) is 6.54 Å². The van der Waals surface area contributed by atoms with Gasteiger partial charge in [0.2, 0.25) is 0 Å². The Balaban J connectivity index is 4.20. The molecule has 0 fully saturated rings. The summed E-state index contributed by atoms with van der Waals surface area (Å²) in [5.41, 5.74) is -0.571. The smallest absolute Gasteiger partial charge is 0.408 e. The molecule has 94 valence electrons. The highest BCUT2D eigenvalue weighted by molar-refractivity contribution is 7.78. The topological polar surface area (TPSA) is 58.6 Å². The highest BCUT2D eigenvalue weighted by Crippen LogP contribution is 2.07. The third-order valence-electron chi connectivity index (χ3n) is 1.66. The molecule has 0 spiro atoms. The monoisotopic (exact) mass is 248 g/mol. The molecule has 0 rings (SSSR count). The van der Waals surface area contributed by atoms with E-state index in [0.29, 0.717) is 6.54 Å². The maximum Gasteiger partial charge on any atom is 0.408 e. The van der Waals surface area contributed by atoms with E-state index < -0.39 is 17.7 Å². The quantitative estimate of drug-likeness (QED) is 0.746. The zero-order valence-corrected chi connectivity index (χ0v) is 11.3. The summed E-state index contributed by atoms with van der Waals surface area (Å²) in [5, 5.41) is 2.45. The zero-order valence-electron chi connectivity index (χ0n) is 10.4. The molecule has 0 saturated carbocycles. The highest BCUT2D eigenvalue weighted by atomic mass is 32.1. The van der Waals surface area contributed by atoms with Gasteiger partial charge < -0.3 is 10.1 Å². The SMILES string of the molecule is CCN(S)C(=O)C(C)NC(=O)OC(C)(C)C. The van der Waals surface area contributed by atoms with Gasteiger partial charge in [-0.25, -0.2) is 4.79 Å².